The number of hydrogen-bond donors (Lipinski definition) is 1. The Kier molecular flexibility index (Phi) is 4.19. The lowest BCUT2D eigenvalue weighted by Crippen LogP contribution is -2.61. The van der Waals surface area contributed by atoms with Crippen LogP contribution < -0.4 is 5.32 Å². The van der Waals surface area contributed by atoms with Gasteiger partial charge >= 0.3 is 0 Å². The van der Waals surface area contributed by atoms with Crippen LogP contribution in [-0.4, -0.2) is 30.5 Å². The number of nitrogens with one attached hydrogen (secondary N) is 1. The number of carbonyl (C=O) groups is 1. The Labute approximate surface area is 173 Å². The van der Waals surface area contributed by atoms with Gasteiger partial charge in [-0.15, -0.1) is 5.10 Å². The molecule has 4 fully saturated rings. The van der Waals surface area contributed by atoms with Gasteiger partial charge in [-0.25, -0.2) is 9.67 Å². The van der Waals surface area contributed by atoms with Crippen molar-refractivity contribution in [3.8, 4) is 0 Å². The fraction of sp³-hybridized carbons (Fsp3) is 0.700. The standard InChI is InChI=1S/C20H27BrN6O/c1-3-26-5-4-16(24-26)13(2)23-17(28)19-7-14-6-15(8-19)10-20(9-14,11-19)27-12-22-18(21)25-27/h4-5,12-15H,3,6-11H2,1-2H3,(H,23,28). The van der Waals surface area contributed by atoms with E-state index in [-0.39, 0.29) is 22.9 Å². The van der Waals surface area contributed by atoms with Crippen molar-refractivity contribution in [1.82, 2.24) is 29.9 Å². The number of aromatic nitrogens is 5. The molecule has 0 spiro atoms. The highest BCUT2D eigenvalue weighted by Crippen LogP contribution is 2.64. The van der Waals surface area contributed by atoms with Gasteiger partial charge in [-0.1, -0.05) is 0 Å². The minimum atomic E-state index is -0.288. The molecule has 1 N–H and O–H groups in total. The average molecular weight is 447 g/mol. The summed E-state index contributed by atoms with van der Waals surface area (Å²) >= 11 is 3.39. The van der Waals surface area contributed by atoms with Crippen molar-refractivity contribution in [3.63, 3.8) is 0 Å². The normalized spacial score (nSPS) is 34.5. The first-order chi connectivity index (χ1) is 13.4. The van der Waals surface area contributed by atoms with Gasteiger partial charge in [-0.05, 0) is 86.2 Å². The van der Waals surface area contributed by atoms with Crippen molar-refractivity contribution in [2.75, 3.05) is 0 Å². The number of carbonyl (C=O) groups excluding carboxylic acids is 1. The van der Waals surface area contributed by atoms with Crippen molar-refractivity contribution < 1.29 is 4.79 Å². The summed E-state index contributed by atoms with van der Waals surface area (Å²) in [6.07, 6.45) is 10.2. The Morgan fingerprint density at radius 1 is 1.32 bits per heavy atom. The summed E-state index contributed by atoms with van der Waals surface area (Å²) in [5, 5.41) is 12.5. The fourth-order valence-corrected chi connectivity index (χ4v) is 6.69. The maximum Gasteiger partial charge on any atom is 0.226 e. The Hall–Kier alpha value is -1.70. The molecular formula is C20H27BrN6O. The molecule has 8 heteroatoms. The molecule has 0 aliphatic heterocycles. The molecule has 4 aliphatic carbocycles. The van der Waals surface area contributed by atoms with Gasteiger partial charge in [-0.2, -0.15) is 5.10 Å². The van der Waals surface area contributed by atoms with Gasteiger partial charge in [0.1, 0.15) is 6.33 Å². The number of rotatable bonds is 5. The first-order valence-corrected chi connectivity index (χ1v) is 11.1. The summed E-state index contributed by atoms with van der Waals surface area (Å²) < 4.78 is 4.57. The molecule has 28 heavy (non-hydrogen) atoms. The van der Waals surface area contributed by atoms with Crippen molar-refractivity contribution in [1.29, 1.82) is 0 Å². The van der Waals surface area contributed by atoms with E-state index in [0.717, 1.165) is 44.3 Å². The van der Waals surface area contributed by atoms with Gasteiger partial charge in [0, 0.05) is 12.7 Å². The van der Waals surface area contributed by atoms with Crippen molar-refractivity contribution in [2.45, 2.75) is 70.5 Å². The van der Waals surface area contributed by atoms with Crippen LogP contribution >= 0.6 is 15.9 Å². The van der Waals surface area contributed by atoms with E-state index in [1.54, 1.807) is 0 Å². The van der Waals surface area contributed by atoms with Crippen molar-refractivity contribution in [2.24, 2.45) is 17.3 Å². The van der Waals surface area contributed by atoms with Crippen molar-refractivity contribution in [3.05, 3.63) is 29.0 Å². The minimum absolute atomic E-state index is 0.0620. The van der Waals surface area contributed by atoms with E-state index < -0.39 is 0 Å². The molecule has 1 amide bonds. The quantitative estimate of drug-likeness (QED) is 0.762. The lowest BCUT2D eigenvalue weighted by atomic mass is 9.46. The summed E-state index contributed by atoms with van der Waals surface area (Å²) in [7, 11) is 0. The number of nitrogens with zero attached hydrogens (tertiary/aromatic N) is 5. The maximum absolute atomic E-state index is 13.5. The summed E-state index contributed by atoms with van der Waals surface area (Å²) in [4.78, 5) is 17.8. The van der Waals surface area contributed by atoms with E-state index in [1.807, 2.05) is 34.9 Å². The van der Waals surface area contributed by atoms with Crippen LogP contribution in [0.25, 0.3) is 0 Å². The van der Waals surface area contributed by atoms with Gasteiger partial charge in [-0.3, -0.25) is 9.48 Å². The number of halogens is 1. The number of aryl methyl sites for hydroxylation is 1. The molecule has 0 radical (unpaired) electrons. The molecule has 3 atom stereocenters. The maximum atomic E-state index is 13.5. The Morgan fingerprint density at radius 2 is 2.07 bits per heavy atom. The van der Waals surface area contributed by atoms with Crippen LogP contribution in [0.5, 0.6) is 0 Å². The largest absolute Gasteiger partial charge is 0.347 e. The van der Waals surface area contributed by atoms with Crippen LogP contribution in [0.2, 0.25) is 0 Å². The number of hydrogen-bond acceptors (Lipinski definition) is 4. The van der Waals surface area contributed by atoms with E-state index >= 15 is 0 Å². The summed E-state index contributed by atoms with van der Waals surface area (Å²) in [5.41, 5.74) is 0.576. The van der Waals surface area contributed by atoms with Crippen LogP contribution in [0, 0.1) is 17.3 Å². The van der Waals surface area contributed by atoms with E-state index in [0.29, 0.717) is 16.6 Å². The fourth-order valence-electron chi connectivity index (χ4n) is 6.43. The van der Waals surface area contributed by atoms with E-state index in [1.165, 1.54) is 6.42 Å². The minimum Gasteiger partial charge on any atom is -0.347 e. The smallest absolute Gasteiger partial charge is 0.226 e. The predicted octanol–water partition coefficient (Wildman–Crippen LogP) is 3.43. The van der Waals surface area contributed by atoms with E-state index in [4.69, 9.17) is 0 Å². The van der Waals surface area contributed by atoms with E-state index in [9.17, 15) is 4.79 Å². The topological polar surface area (TPSA) is 77.6 Å². The third-order valence-electron chi connectivity index (χ3n) is 7.24. The molecule has 4 bridgehead atoms. The van der Waals surface area contributed by atoms with Crippen molar-refractivity contribution >= 4 is 21.8 Å². The first kappa shape index (κ1) is 18.3. The van der Waals surface area contributed by atoms with Gasteiger partial charge < -0.3 is 5.32 Å². The van der Waals surface area contributed by atoms with Gasteiger partial charge in [0.2, 0.25) is 10.6 Å². The molecule has 2 aromatic heterocycles. The zero-order chi connectivity index (χ0) is 19.5. The van der Waals surface area contributed by atoms with Gasteiger partial charge in [0.15, 0.2) is 0 Å². The second kappa shape index (κ2) is 6.40. The molecule has 3 unspecified atom stereocenters. The highest BCUT2D eigenvalue weighted by atomic mass is 79.9. The molecule has 6 rings (SSSR count). The molecule has 0 aromatic carbocycles. The highest BCUT2D eigenvalue weighted by Gasteiger charge is 2.61. The Balaban J connectivity index is 1.40. The second-order valence-electron chi connectivity index (χ2n) is 9.22. The van der Waals surface area contributed by atoms with Crippen LogP contribution in [0.4, 0.5) is 0 Å². The van der Waals surface area contributed by atoms with E-state index in [2.05, 4.69) is 43.4 Å². The molecule has 2 heterocycles. The summed E-state index contributed by atoms with van der Waals surface area (Å²) in [6, 6.07) is 1.92. The summed E-state index contributed by atoms with van der Waals surface area (Å²) in [5.74, 6) is 1.40. The molecule has 4 aliphatic rings. The first-order valence-electron chi connectivity index (χ1n) is 10.3. The molecule has 2 aromatic rings. The van der Waals surface area contributed by atoms with Crippen LogP contribution in [0.15, 0.2) is 23.3 Å². The molecule has 0 saturated heterocycles. The molecule has 150 valence electrons. The predicted molar refractivity (Wildman–Crippen MR) is 107 cm³/mol. The van der Waals surface area contributed by atoms with Gasteiger partial charge in [0.25, 0.3) is 0 Å². The summed E-state index contributed by atoms with van der Waals surface area (Å²) in [6.45, 7) is 4.94. The zero-order valence-corrected chi connectivity index (χ0v) is 18.0. The van der Waals surface area contributed by atoms with Gasteiger partial charge in [0.05, 0.1) is 22.7 Å². The Bertz CT molecular complexity index is 890. The SMILES string of the molecule is CCn1ccc(C(C)NC(=O)C23CC4CC(C2)CC(n2cnc(Br)n2)(C4)C3)n1. The monoisotopic (exact) mass is 446 g/mol. The lowest BCUT2D eigenvalue weighted by Gasteiger charge is -2.61. The third-order valence-corrected chi connectivity index (χ3v) is 7.60. The highest BCUT2D eigenvalue weighted by molar-refractivity contribution is 9.10. The Morgan fingerprint density at radius 3 is 2.68 bits per heavy atom. The van der Waals surface area contributed by atoms with Crippen LogP contribution in [0.3, 0.4) is 0 Å². The zero-order valence-electron chi connectivity index (χ0n) is 16.4. The second-order valence-corrected chi connectivity index (χ2v) is 9.92. The lowest BCUT2D eigenvalue weighted by molar-refractivity contribution is -0.156. The average Bonchev–Trinajstić information content (AvgIpc) is 3.29. The molecule has 7 nitrogen and oxygen atoms in total. The van der Waals surface area contributed by atoms with Crippen LogP contribution in [-0.2, 0) is 16.9 Å². The molecular weight excluding hydrogens is 420 g/mol. The molecule has 4 saturated carbocycles. The third kappa shape index (κ3) is 2.83. The number of amides is 1. The van der Waals surface area contributed by atoms with Crippen LogP contribution in [0.1, 0.15) is 64.1 Å².